The van der Waals surface area contributed by atoms with E-state index in [9.17, 15) is 22.4 Å². The standard InChI is InChI=1S/C23H28F4N4O2.ClH/c24-22(25)6-5-17(33-11-22)19(28)21-29-15-4-3-14(8-16(15)30-21)20(13-1-2-13)31-18(32)7-12-9-23(26,27)10-12;/h3-4,8,12-13,17,19-20H,1-2,5-7,9-11,28H2,(H,29,30)(H,31,32);1H/t17-,19-,20+;/m0./s1. The molecule has 0 spiro atoms. The summed E-state index contributed by atoms with van der Waals surface area (Å²) in [6.07, 6.45) is 1.00. The molecule has 6 nitrogen and oxygen atoms in total. The van der Waals surface area contributed by atoms with Gasteiger partial charge in [0, 0.05) is 25.7 Å². The van der Waals surface area contributed by atoms with Gasteiger partial charge in [-0.2, -0.15) is 0 Å². The average molecular weight is 505 g/mol. The van der Waals surface area contributed by atoms with E-state index in [1.807, 2.05) is 18.2 Å². The molecule has 34 heavy (non-hydrogen) atoms. The summed E-state index contributed by atoms with van der Waals surface area (Å²) in [7, 11) is 0. The Morgan fingerprint density at radius 3 is 2.56 bits per heavy atom. The van der Waals surface area contributed by atoms with E-state index in [4.69, 9.17) is 10.5 Å². The first-order valence-electron chi connectivity index (χ1n) is 11.5. The lowest BCUT2D eigenvalue weighted by Gasteiger charge is -2.34. The van der Waals surface area contributed by atoms with E-state index < -0.39 is 30.6 Å². The van der Waals surface area contributed by atoms with Gasteiger partial charge in [0.15, 0.2) is 0 Å². The number of carbonyl (C=O) groups excluding carboxylic acids is 1. The first kappa shape index (κ1) is 25.2. The lowest BCUT2D eigenvalue weighted by atomic mass is 9.79. The zero-order chi connectivity index (χ0) is 23.4. The summed E-state index contributed by atoms with van der Waals surface area (Å²) in [6.45, 7) is -0.642. The molecule has 1 amide bonds. The topological polar surface area (TPSA) is 93.0 Å². The SMILES string of the molecule is Cl.N[C@H](c1nc2ccc([C@H](NC(=O)CC3CC(F)(F)C3)C3CC3)cc2[nH]1)[C@@H]1CCC(F)(F)CO1. The number of fused-ring (bicyclic) bond motifs is 1. The van der Waals surface area contributed by atoms with Gasteiger partial charge in [0.25, 0.3) is 5.92 Å². The number of amides is 1. The number of rotatable bonds is 7. The third-order valence-corrected chi connectivity index (χ3v) is 6.96. The van der Waals surface area contributed by atoms with Crippen LogP contribution in [0.3, 0.4) is 0 Å². The summed E-state index contributed by atoms with van der Waals surface area (Å²) in [6, 6.07) is 4.80. The van der Waals surface area contributed by atoms with Crippen molar-refractivity contribution in [2.75, 3.05) is 6.61 Å². The second kappa shape index (κ2) is 9.28. The maximum Gasteiger partial charge on any atom is 0.271 e. The zero-order valence-corrected chi connectivity index (χ0v) is 19.4. The zero-order valence-electron chi connectivity index (χ0n) is 18.5. The highest BCUT2D eigenvalue weighted by Crippen LogP contribution is 2.45. The number of imidazole rings is 1. The van der Waals surface area contributed by atoms with E-state index in [1.165, 1.54) is 0 Å². The van der Waals surface area contributed by atoms with Crippen LogP contribution in [0.1, 0.15) is 68.4 Å². The molecule has 3 atom stereocenters. The molecule has 0 bridgehead atoms. The van der Waals surface area contributed by atoms with Crippen LogP contribution in [-0.4, -0.2) is 40.4 Å². The number of benzene rings is 1. The number of hydrogen-bond donors (Lipinski definition) is 3. The number of aromatic amines is 1. The molecule has 2 heterocycles. The molecule has 4 N–H and O–H groups in total. The van der Waals surface area contributed by atoms with Crippen LogP contribution in [0.25, 0.3) is 11.0 Å². The summed E-state index contributed by atoms with van der Waals surface area (Å²) in [5.41, 5.74) is 8.58. The number of nitrogens with two attached hydrogens (primary N) is 1. The fraction of sp³-hybridized carbons (Fsp3) is 0.652. The second-order valence-electron chi connectivity index (χ2n) is 9.89. The molecule has 0 unspecified atom stereocenters. The first-order chi connectivity index (χ1) is 15.6. The van der Waals surface area contributed by atoms with Crippen molar-refractivity contribution in [2.45, 2.75) is 75.0 Å². The molecule has 1 aromatic heterocycles. The van der Waals surface area contributed by atoms with E-state index >= 15 is 0 Å². The minimum atomic E-state index is -2.82. The van der Waals surface area contributed by atoms with E-state index in [2.05, 4.69) is 15.3 Å². The summed E-state index contributed by atoms with van der Waals surface area (Å²) < 4.78 is 58.2. The van der Waals surface area contributed by atoms with Crippen LogP contribution in [0.4, 0.5) is 17.6 Å². The van der Waals surface area contributed by atoms with Crippen LogP contribution >= 0.6 is 12.4 Å². The monoisotopic (exact) mass is 504 g/mol. The molecule has 2 aliphatic carbocycles. The average Bonchev–Trinajstić information content (AvgIpc) is 3.48. The highest BCUT2D eigenvalue weighted by Gasteiger charge is 2.46. The number of nitrogens with zero attached hydrogens (tertiary/aromatic N) is 1. The van der Waals surface area contributed by atoms with E-state index in [1.54, 1.807) is 0 Å². The van der Waals surface area contributed by atoms with E-state index in [0.29, 0.717) is 17.3 Å². The Morgan fingerprint density at radius 2 is 1.94 bits per heavy atom. The van der Waals surface area contributed by atoms with Gasteiger partial charge >= 0.3 is 0 Å². The van der Waals surface area contributed by atoms with Crippen LogP contribution < -0.4 is 11.1 Å². The van der Waals surface area contributed by atoms with Crippen LogP contribution in [0.15, 0.2) is 18.2 Å². The van der Waals surface area contributed by atoms with Gasteiger partial charge < -0.3 is 20.8 Å². The van der Waals surface area contributed by atoms with Gasteiger partial charge in [0.2, 0.25) is 11.8 Å². The van der Waals surface area contributed by atoms with Crippen LogP contribution in [0.2, 0.25) is 0 Å². The number of alkyl halides is 4. The molecule has 188 valence electrons. The first-order valence-corrected chi connectivity index (χ1v) is 11.5. The lowest BCUT2D eigenvalue weighted by molar-refractivity contribution is -0.149. The number of carbonyl (C=O) groups is 1. The molecule has 2 aromatic rings. The molecule has 0 radical (unpaired) electrons. The van der Waals surface area contributed by atoms with Crippen molar-refractivity contribution in [3.63, 3.8) is 0 Å². The van der Waals surface area contributed by atoms with E-state index in [-0.39, 0.29) is 62.4 Å². The largest absolute Gasteiger partial charge is 0.370 e. The smallest absolute Gasteiger partial charge is 0.271 e. The summed E-state index contributed by atoms with van der Waals surface area (Å²) in [4.78, 5) is 20.2. The van der Waals surface area contributed by atoms with Gasteiger partial charge in [0.05, 0.1) is 29.2 Å². The normalized spacial score (nSPS) is 25.7. The highest BCUT2D eigenvalue weighted by atomic mass is 35.5. The van der Waals surface area contributed by atoms with Gasteiger partial charge in [-0.3, -0.25) is 4.79 Å². The third kappa shape index (κ3) is 5.49. The Kier molecular flexibility index (Phi) is 6.87. The van der Waals surface area contributed by atoms with Gasteiger partial charge in [-0.25, -0.2) is 22.5 Å². The van der Waals surface area contributed by atoms with Gasteiger partial charge in [-0.15, -0.1) is 12.4 Å². The molecule has 11 heteroatoms. The molecule has 5 rings (SSSR count). The maximum absolute atomic E-state index is 13.4. The fourth-order valence-corrected chi connectivity index (χ4v) is 4.92. The van der Waals surface area contributed by atoms with Crippen molar-refractivity contribution in [1.82, 2.24) is 15.3 Å². The quantitative estimate of drug-likeness (QED) is 0.472. The minimum Gasteiger partial charge on any atom is -0.370 e. The molecule has 1 saturated heterocycles. The molecule has 3 aliphatic rings. The highest BCUT2D eigenvalue weighted by molar-refractivity contribution is 5.85. The molecule has 1 aliphatic heterocycles. The van der Waals surface area contributed by atoms with E-state index in [0.717, 1.165) is 23.9 Å². The lowest BCUT2D eigenvalue weighted by Crippen LogP contribution is -2.40. The Bertz CT molecular complexity index is 1030. The Hall–Kier alpha value is -1.91. The fourth-order valence-electron chi connectivity index (χ4n) is 4.92. The minimum absolute atomic E-state index is 0. The number of H-pyrrole nitrogens is 1. The summed E-state index contributed by atoms with van der Waals surface area (Å²) >= 11 is 0. The second-order valence-corrected chi connectivity index (χ2v) is 9.89. The molecule has 2 saturated carbocycles. The number of nitrogens with one attached hydrogen (secondary N) is 2. The maximum atomic E-state index is 13.4. The predicted octanol–water partition coefficient (Wildman–Crippen LogP) is 4.80. The van der Waals surface area contributed by atoms with Crippen molar-refractivity contribution >= 4 is 29.3 Å². The number of ether oxygens (including phenoxy) is 1. The molecular weight excluding hydrogens is 476 g/mol. The van der Waals surface area contributed by atoms with Crippen molar-refractivity contribution in [1.29, 1.82) is 0 Å². The Labute approximate surface area is 200 Å². The van der Waals surface area contributed by atoms with Gasteiger partial charge in [-0.05, 0) is 48.8 Å². The molecule has 1 aromatic carbocycles. The third-order valence-electron chi connectivity index (χ3n) is 6.96. The summed E-state index contributed by atoms with van der Waals surface area (Å²) in [5.74, 6) is -5.13. The predicted molar refractivity (Wildman–Crippen MR) is 120 cm³/mol. The summed E-state index contributed by atoms with van der Waals surface area (Å²) in [5, 5.41) is 3.04. The van der Waals surface area contributed by atoms with Crippen molar-refractivity contribution < 1.29 is 27.1 Å². The molecular formula is C23H29ClF4N4O2. The Morgan fingerprint density at radius 1 is 1.21 bits per heavy atom. The van der Waals surface area contributed by atoms with Gasteiger partial charge in [-0.1, -0.05) is 6.07 Å². The Balaban J connectivity index is 0.00000274. The van der Waals surface area contributed by atoms with Crippen molar-refractivity contribution in [3.05, 3.63) is 29.6 Å². The van der Waals surface area contributed by atoms with Crippen LogP contribution in [0, 0.1) is 11.8 Å². The number of halogens is 5. The van der Waals surface area contributed by atoms with Crippen LogP contribution in [-0.2, 0) is 9.53 Å². The number of aromatic nitrogens is 2. The number of hydrogen-bond acceptors (Lipinski definition) is 4. The van der Waals surface area contributed by atoms with Crippen molar-refractivity contribution in [3.8, 4) is 0 Å². The van der Waals surface area contributed by atoms with Crippen molar-refractivity contribution in [2.24, 2.45) is 17.6 Å². The van der Waals surface area contributed by atoms with Gasteiger partial charge in [0.1, 0.15) is 12.4 Å². The molecule has 3 fully saturated rings. The van der Waals surface area contributed by atoms with Crippen LogP contribution in [0.5, 0.6) is 0 Å².